The number of hydrogen-bond donors (Lipinski definition) is 2. The second-order valence-electron chi connectivity index (χ2n) is 7.80. The maximum atomic E-state index is 13.0. The van der Waals surface area contributed by atoms with Gasteiger partial charge in [0, 0.05) is 17.7 Å². The second kappa shape index (κ2) is 8.23. The smallest absolute Gasteiger partial charge is 0.282 e. The van der Waals surface area contributed by atoms with Crippen LogP contribution in [0.4, 0.5) is 5.69 Å². The van der Waals surface area contributed by atoms with E-state index >= 15 is 0 Å². The molecule has 3 rings (SSSR count). The van der Waals surface area contributed by atoms with Crippen molar-refractivity contribution in [2.75, 3.05) is 26.1 Å². The van der Waals surface area contributed by atoms with Crippen molar-refractivity contribution in [3.05, 3.63) is 52.1 Å². The monoisotopic (exact) mass is 383 g/mol. The molecule has 2 aromatic rings. The highest BCUT2D eigenvalue weighted by Crippen LogP contribution is 2.31. The van der Waals surface area contributed by atoms with Crippen LogP contribution in [-0.4, -0.2) is 32.7 Å². The fraction of sp³-hybridized carbons (Fsp3) is 0.435. The third-order valence-corrected chi connectivity index (χ3v) is 5.77. The molecule has 1 aliphatic rings. The Morgan fingerprint density at radius 3 is 2.14 bits per heavy atom. The minimum atomic E-state index is -0.138. The number of fused-ring (bicyclic) bond motifs is 1. The largest absolute Gasteiger partial charge is 0.493 e. The number of nitrogens with one attached hydrogen (secondary N) is 2. The number of quaternary nitrogens is 1. The van der Waals surface area contributed by atoms with Crippen LogP contribution in [0.25, 0.3) is 0 Å². The molecule has 0 aromatic heterocycles. The molecule has 1 heterocycles. The van der Waals surface area contributed by atoms with Gasteiger partial charge in [-0.05, 0) is 56.5 Å². The lowest BCUT2D eigenvalue weighted by atomic mass is 9.97. The molecule has 1 unspecified atom stereocenters. The number of aryl methyl sites for hydroxylation is 3. The number of carbonyl (C=O) groups is 1. The topological polar surface area (TPSA) is 52.0 Å². The van der Waals surface area contributed by atoms with Crippen LogP contribution in [-0.2, 0) is 17.8 Å². The molecule has 0 saturated heterocycles. The van der Waals surface area contributed by atoms with Gasteiger partial charge in [-0.25, -0.2) is 0 Å². The summed E-state index contributed by atoms with van der Waals surface area (Å²) in [6.07, 6.45) is 0.922. The molecule has 0 aliphatic carbocycles. The lowest BCUT2D eigenvalue weighted by Crippen LogP contribution is -3.16. The van der Waals surface area contributed by atoms with E-state index < -0.39 is 0 Å². The highest BCUT2D eigenvalue weighted by molar-refractivity contribution is 5.95. The van der Waals surface area contributed by atoms with Gasteiger partial charge >= 0.3 is 0 Å². The standard InChI is InChI=1S/C23H30N2O3/c1-14-9-15(2)22(16(3)10-14)24-23(26)17(4)25-8-7-18-11-20(27-5)21(28-6)12-19(18)13-25/h9-12,17H,7-8,13H2,1-6H3,(H,24,26)/p+1/t17-/m1/s1. The van der Waals surface area contributed by atoms with Gasteiger partial charge < -0.3 is 19.7 Å². The molecular formula is C23H31N2O3+. The van der Waals surface area contributed by atoms with Crippen LogP contribution in [0.1, 0.15) is 34.7 Å². The summed E-state index contributed by atoms with van der Waals surface area (Å²) in [6, 6.07) is 8.19. The Kier molecular flexibility index (Phi) is 5.94. The predicted molar refractivity (Wildman–Crippen MR) is 112 cm³/mol. The van der Waals surface area contributed by atoms with Crippen molar-refractivity contribution in [3.8, 4) is 11.5 Å². The summed E-state index contributed by atoms with van der Waals surface area (Å²) in [5.74, 6) is 1.57. The van der Waals surface area contributed by atoms with Crippen molar-refractivity contribution in [3.63, 3.8) is 0 Å². The second-order valence-corrected chi connectivity index (χ2v) is 7.80. The van der Waals surface area contributed by atoms with E-state index in [1.807, 2.05) is 26.8 Å². The number of rotatable bonds is 5. The van der Waals surface area contributed by atoms with Crippen molar-refractivity contribution in [2.45, 2.75) is 46.7 Å². The van der Waals surface area contributed by atoms with E-state index in [1.54, 1.807) is 14.2 Å². The minimum Gasteiger partial charge on any atom is -0.493 e. The third-order valence-electron chi connectivity index (χ3n) is 5.77. The van der Waals surface area contributed by atoms with Crippen LogP contribution in [0.2, 0.25) is 0 Å². The van der Waals surface area contributed by atoms with Gasteiger partial charge in [0.25, 0.3) is 5.91 Å². The summed E-state index contributed by atoms with van der Waals surface area (Å²) in [7, 11) is 3.31. The van der Waals surface area contributed by atoms with E-state index in [0.29, 0.717) is 0 Å². The number of anilines is 1. The molecule has 1 aliphatic heterocycles. The lowest BCUT2D eigenvalue weighted by molar-refractivity contribution is -0.929. The maximum absolute atomic E-state index is 13.0. The van der Waals surface area contributed by atoms with Crippen LogP contribution in [0.15, 0.2) is 24.3 Å². The predicted octanol–water partition coefficient (Wildman–Crippen LogP) is 2.60. The molecule has 2 aromatic carbocycles. The maximum Gasteiger partial charge on any atom is 0.282 e. The molecule has 0 spiro atoms. The molecule has 0 radical (unpaired) electrons. The highest BCUT2D eigenvalue weighted by atomic mass is 16.5. The molecule has 0 bridgehead atoms. The van der Waals surface area contributed by atoms with E-state index in [0.717, 1.165) is 47.8 Å². The van der Waals surface area contributed by atoms with Gasteiger partial charge in [-0.3, -0.25) is 4.79 Å². The molecule has 150 valence electrons. The highest BCUT2D eigenvalue weighted by Gasteiger charge is 2.30. The Hall–Kier alpha value is -2.53. The van der Waals surface area contributed by atoms with Gasteiger partial charge in [-0.15, -0.1) is 0 Å². The van der Waals surface area contributed by atoms with Crippen molar-refractivity contribution >= 4 is 11.6 Å². The minimum absolute atomic E-state index is 0.0639. The van der Waals surface area contributed by atoms with Crippen molar-refractivity contribution in [2.24, 2.45) is 0 Å². The first kappa shape index (κ1) is 20.2. The number of benzene rings is 2. The Morgan fingerprint density at radius 2 is 1.57 bits per heavy atom. The number of methoxy groups -OCH3 is 2. The number of carbonyl (C=O) groups excluding carboxylic acids is 1. The Balaban J connectivity index is 1.75. The van der Waals surface area contributed by atoms with E-state index in [-0.39, 0.29) is 11.9 Å². The average molecular weight is 384 g/mol. The van der Waals surface area contributed by atoms with Crippen LogP contribution in [0.5, 0.6) is 11.5 Å². The number of hydrogen-bond acceptors (Lipinski definition) is 3. The van der Waals surface area contributed by atoms with E-state index in [4.69, 9.17) is 9.47 Å². The first-order valence-corrected chi connectivity index (χ1v) is 9.81. The van der Waals surface area contributed by atoms with Crippen LogP contribution in [0.3, 0.4) is 0 Å². The van der Waals surface area contributed by atoms with E-state index in [9.17, 15) is 4.79 Å². The quantitative estimate of drug-likeness (QED) is 0.835. The molecule has 1 amide bonds. The Bertz CT molecular complexity index is 869. The van der Waals surface area contributed by atoms with Gasteiger partial charge in [0.1, 0.15) is 6.54 Å². The van der Waals surface area contributed by atoms with Gasteiger partial charge in [0.2, 0.25) is 0 Å². The lowest BCUT2D eigenvalue weighted by Gasteiger charge is -2.30. The molecule has 28 heavy (non-hydrogen) atoms. The van der Waals surface area contributed by atoms with Gasteiger partial charge in [0.05, 0.1) is 20.8 Å². The Morgan fingerprint density at radius 1 is 1.00 bits per heavy atom. The summed E-state index contributed by atoms with van der Waals surface area (Å²) in [6.45, 7) is 9.90. The number of amides is 1. The first-order valence-electron chi connectivity index (χ1n) is 9.81. The SMILES string of the molecule is COc1cc2c(cc1OC)C[NH+]([C@H](C)C(=O)Nc1c(C)cc(C)cc1C)CC2. The molecular weight excluding hydrogens is 352 g/mol. The summed E-state index contributed by atoms with van der Waals surface area (Å²) in [4.78, 5) is 14.2. The van der Waals surface area contributed by atoms with Gasteiger partial charge in [-0.2, -0.15) is 0 Å². The zero-order valence-corrected chi connectivity index (χ0v) is 17.7. The normalized spacial score (nSPS) is 16.9. The van der Waals surface area contributed by atoms with E-state index in [2.05, 4.69) is 30.4 Å². The molecule has 5 heteroatoms. The summed E-state index contributed by atoms with van der Waals surface area (Å²) in [5, 5.41) is 3.16. The zero-order valence-electron chi connectivity index (χ0n) is 17.7. The fourth-order valence-corrected chi connectivity index (χ4v) is 4.15. The summed E-state index contributed by atoms with van der Waals surface area (Å²) >= 11 is 0. The summed E-state index contributed by atoms with van der Waals surface area (Å²) < 4.78 is 10.9. The molecule has 0 saturated carbocycles. The van der Waals surface area contributed by atoms with Gasteiger partial charge in [-0.1, -0.05) is 17.7 Å². The van der Waals surface area contributed by atoms with Crippen LogP contribution >= 0.6 is 0 Å². The Labute approximate surface area is 167 Å². The first-order chi connectivity index (χ1) is 13.3. The van der Waals surface area contributed by atoms with Crippen molar-refractivity contribution < 1.29 is 19.2 Å². The summed E-state index contributed by atoms with van der Waals surface area (Å²) in [5.41, 5.74) is 6.86. The molecule has 2 atom stereocenters. The molecule has 2 N–H and O–H groups in total. The van der Waals surface area contributed by atoms with Crippen molar-refractivity contribution in [1.82, 2.24) is 0 Å². The third kappa shape index (κ3) is 3.99. The van der Waals surface area contributed by atoms with Gasteiger partial charge in [0.15, 0.2) is 17.5 Å². The zero-order chi connectivity index (χ0) is 20.4. The molecule has 0 fully saturated rings. The van der Waals surface area contributed by atoms with Crippen LogP contribution in [0, 0.1) is 20.8 Å². The fourth-order valence-electron chi connectivity index (χ4n) is 4.15. The molecule has 5 nitrogen and oxygen atoms in total. The van der Waals surface area contributed by atoms with Crippen molar-refractivity contribution in [1.29, 1.82) is 0 Å². The average Bonchev–Trinajstić information content (AvgIpc) is 2.68. The number of ether oxygens (including phenoxy) is 2. The van der Waals surface area contributed by atoms with Crippen LogP contribution < -0.4 is 19.7 Å². The van der Waals surface area contributed by atoms with E-state index in [1.165, 1.54) is 21.6 Å².